The van der Waals surface area contributed by atoms with Crippen molar-refractivity contribution in [3.8, 4) is 0 Å². The minimum Gasteiger partial charge on any atom is -0.326 e. The molecule has 5 heteroatoms. The van der Waals surface area contributed by atoms with Gasteiger partial charge in [0.05, 0.1) is 11.8 Å². The Morgan fingerprint density at radius 3 is 2.37 bits per heavy atom. The minimum absolute atomic E-state index is 0.0798. The number of anilines is 1. The molecular weight excluding hydrogens is 340 g/mol. The Kier molecular flexibility index (Phi) is 4.75. The number of hydrogen-bond acceptors (Lipinski definition) is 3. The van der Waals surface area contributed by atoms with Crippen LogP contribution in [-0.4, -0.2) is 29.2 Å². The third-order valence-corrected chi connectivity index (χ3v) is 5.45. The maximum Gasteiger partial charge on any atom is 0.233 e. The Morgan fingerprint density at radius 2 is 1.63 bits per heavy atom. The van der Waals surface area contributed by atoms with E-state index < -0.39 is 0 Å². The molecule has 0 radical (unpaired) electrons. The summed E-state index contributed by atoms with van der Waals surface area (Å²) in [5, 5.41) is 5.01. The van der Waals surface area contributed by atoms with Gasteiger partial charge in [0.2, 0.25) is 17.7 Å². The first-order valence-corrected chi connectivity index (χ1v) is 9.43. The summed E-state index contributed by atoms with van der Waals surface area (Å²) >= 11 is 0. The van der Waals surface area contributed by atoms with E-state index in [4.69, 9.17) is 0 Å². The van der Waals surface area contributed by atoms with Gasteiger partial charge in [-0.25, -0.2) is 0 Å². The molecule has 0 unspecified atom stereocenters. The van der Waals surface area contributed by atoms with Crippen LogP contribution in [0.1, 0.15) is 25.7 Å². The molecular formula is C22H22N2O3. The number of fused-ring (bicyclic) bond motifs is 2. The predicted molar refractivity (Wildman–Crippen MR) is 104 cm³/mol. The van der Waals surface area contributed by atoms with Crippen molar-refractivity contribution in [3.63, 3.8) is 0 Å². The van der Waals surface area contributed by atoms with Gasteiger partial charge in [-0.15, -0.1) is 0 Å². The third-order valence-electron chi connectivity index (χ3n) is 5.45. The number of benzene rings is 2. The lowest BCUT2D eigenvalue weighted by Gasteiger charge is -2.14. The van der Waals surface area contributed by atoms with E-state index in [9.17, 15) is 14.4 Å². The fourth-order valence-corrected chi connectivity index (χ4v) is 4.03. The number of rotatable bonds is 5. The fraction of sp³-hybridized carbons (Fsp3) is 0.318. The van der Waals surface area contributed by atoms with Gasteiger partial charge in [0, 0.05) is 24.0 Å². The second kappa shape index (κ2) is 7.35. The van der Waals surface area contributed by atoms with Crippen molar-refractivity contribution in [1.82, 2.24) is 4.90 Å². The van der Waals surface area contributed by atoms with Crippen LogP contribution in [-0.2, 0) is 14.4 Å². The largest absolute Gasteiger partial charge is 0.326 e. The summed E-state index contributed by atoms with van der Waals surface area (Å²) in [6, 6.07) is 13.7. The number of amides is 3. The van der Waals surface area contributed by atoms with Gasteiger partial charge in [0.1, 0.15) is 0 Å². The summed E-state index contributed by atoms with van der Waals surface area (Å²) in [4.78, 5) is 38.6. The monoisotopic (exact) mass is 362 g/mol. The first kappa shape index (κ1) is 17.5. The number of carbonyl (C=O) groups is 3. The molecule has 2 aromatic carbocycles. The van der Waals surface area contributed by atoms with Crippen molar-refractivity contribution in [2.75, 3.05) is 11.9 Å². The quantitative estimate of drug-likeness (QED) is 0.654. The summed E-state index contributed by atoms with van der Waals surface area (Å²) in [6.45, 7) is 0.313. The molecule has 0 bridgehead atoms. The van der Waals surface area contributed by atoms with Crippen LogP contribution in [0.3, 0.4) is 0 Å². The van der Waals surface area contributed by atoms with Crippen LogP contribution in [0.4, 0.5) is 5.69 Å². The average Bonchev–Trinajstić information content (AvgIpc) is 2.93. The molecule has 4 rings (SSSR count). The Hall–Kier alpha value is -2.95. The SMILES string of the molecule is O=C(CCCN1C(=O)[C@H]2CC=CC[C@H]2C1=O)Nc1cccc2ccccc12. The molecule has 1 heterocycles. The smallest absolute Gasteiger partial charge is 0.233 e. The lowest BCUT2D eigenvalue weighted by atomic mass is 9.85. The van der Waals surface area contributed by atoms with Gasteiger partial charge in [-0.3, -0.25) is 19.3 Å². The highest BCUT2D eigenvalue weighted by atomic mass is 16.2. The van der Waals surface area contributed by atoms with Crippen LogP contribution < -0.4 is 5.32 Å². The van der Waals surface area contributed by atoms with E-state index in [1.807, 2.05) is 54.6 Å². The van der Waals surface area contributed by atoms with Gasteiger partial charge in [0.15, 0.2) is 0 Å². The summed E-state index contributed by atoms with van der Waals surface area (Å²) < 4.78 is 0. The van der Waals surface area contributed by atoms with Crippen molar-refractivity contribution < 1.29 is 14.4 Å². The Bertz CT molecular complexity index is 903. The van der Waals surface area contributed by atoms with E-state index >= 15 is 0 Å². The molecule has 1 aliphatic carbocycles. The number of allylic oxidation sites excluding steroid dienone is 2. The Labute approximate surface area is 158 Å². The van der Waals surface area contributed by atoms with Crippen LogP contribution in [0.5, 0.6) is 0 Å². The van der Waals surface area contributed by atoms with Crippen LogP contribution in [0.2, 0.25) is 0 Å². The van der Waals surface area contributed by atoms with E-state index in [-0.39, 0.29) is 36.0 Å². The maximum absolute atomic E-state index is 12.4. The van der Waals surface area contributed by atoms with Crippen LogP contribution in [0.25, 0.3) is 10.8 Å². The normalized spacial score (nSPS) is 21.6. The topological polar surface area (TPSA) is 66.5 Å². The van der Waals surface area contributed by atoms with Crippen LogP contribution in [0.15, 0.2) is 54.6 Å². The molecule has 1 N–H and O–H groups in total. The molecule has 0 saturated carbocycles. The number of likely N-dealkylation sites (tertiary alicyclic amines) is 1. The zero-order valence-corrected chi connectivity index (χ0v) is 15.1. The van der Waals surface area contributed by atoms with E-state index in [1.54, 1.807) is 0 Å². The minimum atomic E-state index is -0.202. The molecule has 2 aromatic rings. The number of hydrogen-bond donors (Lipinski definition) is 1. The summed E-state index contributed by atoms with van der Waals surface area (Å²) in [6.07, 6.45) is 6.00. The molecule has 2 aliphatic rings. The van der Waals surface area contributed by atoms with Crippen molar-refractivity contribution in [2.24, 2.45) is 11.8 Å². The lowest BCUT2D eigenvalue weighted by Crippen LogP contribution is -2.32. The van der Waals surface area contributed by atoms with Crippen molar-refractivity contribution in [1.29, 1.82) is 0 Å². The molecule has 0 spiro atoms. The predicted octanol–water partition coefficient (Wildman–Crippen LogP) is 3.51. The summed E-state index contributed by atoms with van der Waals surface area (Å²) in [7, 11) is 0. The molecule has 5 nitrogen and oxygen atoms in total. The zero-order valence-electron chi connectivity index (χ0n) is 15.1. The van der Waals surface area contributed by atoms with E-state index in [0.717, 1.165) is 16.5 Å². The first-order valence-electron chi connectivity index (χ1n) is 9.43. The molecule has 2 atom stereocenters. The maximum atomic E-state index is 12.4. The van der Waals surface area contributed by atoms with Gasteiger partial charge in [-0.05, 0) is 30.7 Å². The molecule has 1 fully saturated rings. The number of nitrogens with one attached hydrogen (secondary N) is 1. The molecule has 0 aromatic heterocycles. The standard InChI is InChI=1S/C22H22N2O3/c25-20(23-19-12-5-8-15-7-1-2-9-16(15)19)13-6-14-24-21(26)17-10-3-4-11-18(17)22(24)27/h1-5,7-9,12,17-18H,6,10-11,13-14H2,(H,23,25)/t17-,18+. The summed E-state index contributed by atoms with van der Waals surface area (Å²) in [5.74, 6) is -0.670. The van der Waals surface area contributed by atoms with Crippen molar-refractivity contribution in [3.05, 3.63) is 54.6 Å². The van der Waals surface area contributed by atoms with Gasteiger partial charge in [0.25, 0.3) is 0 Å². The van der Waals surface area contributed by atoms with E-state index in [0.29, 0.717) is 25.8 Å². The molecule has 1 saturated heterocycles. The average molecular weight is 362 g/mol. The van der Waals surface area contributed by atoms with Gasteiger partial charge in [-0.1, -0.05) is 48.6 Å². The highest BCUT2D eigenvalue weighted by Gasteiger charge is 2.46. The van der Waals surface area contributed by atoms with Gasteiger partial charge in [-0.2, -0.15) is 0 Å². The highest BCUT2D eigenvalue weighted by Crippen LogP contribution is 2.35. The molecule has 3 amide bonds. The Balaban J connectivity index is 1.33. The van der Waals surface area contributed by atoms with Crippen LogP contribution in [0, 0.1) is 11.8 Å². The summed E-state index contributed by atoms with van der Waals surface area (Å²) in [5.41, 5.74) is 0.781. The van der Waals surface area contributed by atoms with Gasteiger partial charge >= 0.3 is 0 Å². The second-order valence-corrected chi connectivity index (χ2v) is 7.16. The van der Waals surface area contributed by atoms with Crippen molar-refractivity contribution in [2.45, 2.75) is 25.7 Å². The lowest BCUT2D eigenvalue weighted by molar-refractivity contribution is -0.140. The molecule has 27 heavy (non-hydrogen) atoms. The third kappa shape index (κ3) is 3.37. The van der Waals surface area contributed by atoms with Crippen LogP contribution >= 0.6 is 0 Å². The molecule has 138 valence electrons. The number of imide groups is 1. The first-order chi connectivity index (χ1) is 13.1. The van der Waals surface area contributed by atoms with E-state index in [1.165, 1.54) is 4.90 Å². The van der Waals surface area contributed by atoms with Crippen molar-refractivity contribution >= 4 is 34.2 Å². The Morgan fingerprint density at radius 1 is 0.963 bits per heavy atom. The second-order valence-electron chi connectivity index (χ2n) is 7.16. The zero-order chi connectivity index (χ0) is 18.8. The number of nitrogens with zero attached hydrogens (tertiary/aromatic N) is 1. The van der Waals surface area contributed by atoms with Gasteiger partial charge < -0.3 is 5.32 Å². The fourth-order valence-electron chi connectivity index (χ4n) is 4.03. The molecule has 1 aliphatic heterocycles. The van der Waals surface area contributed by atoms with E-state index in [2.05, 4.69) is 5.32 Å². The highest BCUT2D eigenvalue weighted by molar-refractivity contribution is 6.05. The number of carbonyl (C=O) groups excluding carboxylic acids is 3.